The first kappa shape index (κ1) is 32.2. The molecule has 0 aromatic heterocycles. The molecule has 1 aliphatic heterocycles. The average molecular weight is 613 g/mol. The van der Waals surface area contributed by atoms with E-state index in [9.17, 15) is 0 Å². The third-order valence-corrected chi connectivity index (χ3v) is 18.0. The van der Waals surface area contributed by atoms with Gasteiger partial charge in [0.1, 0.15) is 11.5 Å². The summed E-state index contributed by atoms with van der Waals surface area (Å²) in [6.07, 6.45) is 2.05. The molecule has 2 unspecified atom stereocenters. The van der Waals surface area contributed by atoms with E-state index in [-0.39, 0.29) is 21.7 Å². The van der Waals surface area contributed by atoms with Crippen LogP contribution >= 0.6 is 23.3 Å². The molecule has 0 aliphatic carbocycles. The summed E-state index contributed by atoms with van der Waals surface area (Å²) in [6.45, 7) is 23.5. The summed E-state index contributed by atoms with van der Waals surface area (Å²) in [5.74, 6) is 1.51. The zero-order chi connectivity index (χ0) is 29.3. The number of ether oxygens (including phenoxy) is 1. The van der Waals surface area contributed by atoms with E-state index in [0.29, 0.717) is 0 Å². The molecule has 0 saturated heterocycles. The zero-order valence-corrected chi connectivity index (χ0v) is 29.9. The summed E-state index contributed by atoms with van der Waals surface area (Å²) in [5, 5.41) is 1.87. The normalized spacial score (nSPS) is 22.6. The highest BCUT2D eigenvalue weighted by atomic mass is 32.9. The van der Waals surface area contributed by atoms with Gasteiger partial charge in [-0.1, -0.05) is 107 Å². The Balaban J connectivity index is 2.47. The maximum absolute atomic E-state index is 7.00. The fraction of sp³-hybridized carbons (Fsp3) is 0.600. The van der Waals surface area contributed by atoms with Crippen molar-refractivity contribution >= 4 is 57.6 Å². The second kappa shape index (κ2) is 10.2. The maximum atomic E-state index is 7.00. The third kappa shape index (κ3) is 6.12. The van der Waals surface area contributed by atoms with Gasteiger partial charge in [0.15, 0.2) is 5.47 Å². The minimum Gasteiger partial charge on any atom is -0.496 e. The van der Waals surface area contributed by atoms with Gasteiger partial charge in [-0.05, 0) is 85.9 Å². The average Bonchev–Trinajstić information content (AvgIpc) is 2.74. The molecule has 8 heteroatoms. The molecule has 0 bridgehead atoms. The van der Waals surface area contributed by atoms with Crippen molar-refractivity contribution in [2.24, 2.45) is 0 Å². The third-order valence-electron chi connectivity index (χ3n) is 6.94. The van der Waals surface area contributed by atoms with Crippen LogP contribution in [0.25, 0.3) is 0 Å². The number of fused-ring (bicyclic) bond motifs is 1. The highest BCUT2D eigenvalue weighted by Gasteiger charge is 2.47. The molecule has 212 valence electrons. The topological polar surface area (TPSA) is 27.7 Å². The summed E-state index contributed by atoms with van der Waals surface area (Å²) >= 11 is 14.5. The van der Waals surface area contributed by atoms with E-state index in [4.69, 9.17) is 37.2 Å². The Hall–Kier alpha value is -0.350. The van der Waals surface area contributed by atoms with E-state index >= 15 is 0 Å². The van der Waals surface area contributed by atoms with Crippen LogP contribution in [0.4, 0.5) is 0 Å². The van der Waals surface area contributed by atoms with Crippen LogP contribution in [0.15, 0.2) is 24.3 Å². The van der Waals surface area contributed by atoms with Crippen molar-refractivity contribution in [3.05, 3.63) is 46.5 Å². The molecule has 2 aromatic rings. The van der Waals surface area contributed by atoms with Gasteiger partial charge in [0, 0.05) is 0 Å². The lowest BCUT2D eigenvalue weighted by molar-refractivity contribution is 0.412. The minimum absolute atomic E-state index is 0.0585. The van der Waals surface area contributed by atoms with Crippen LogP contribution in [0.1, 0.15) is 105 Å². The molecule has 0 fully saturated rings. The molecule has 2 atom stereocenters. The lowest BCUT2D eigenvalue weighted by Crippen LogP contribution is -2.33. The Morgan fingerprint density at radius 1 is 0.684 bits per heavy atom. The van der Waals surface area contributed by atoms with Crippen molar-refractivity contribution in [1.29, 1.82) is 0 Å². The predicted molar refractivity (Wildman–Crippen MR) is 177 cm³/mol. The van der Waals surface area contributed by atoms with Crippen molar-refractivity contribution < 1.29 is 13.6 Å². The standard InChI is InChI=1S/C30H46O3P2S3/c1-27(2,3)19-15-21(29(7,8)9)25(23(17-19)31-13)34(36)32-24-18-20(28(4,5)6)16-22(30(10,11)12)26(24)35(37,33-34)38-14/h15-18H,1-14H3. The SMILES string of the molecule is COc1cc(C(C)(C)C)cc(C(C)(C)C)c1P1(=S)Oc2cc(C(C)(C)C)cc(C(C)(C)C)c2P(=S)(SC)O1. The zero-order valence-electron chi connectivity index (χ0n) is 25.7. The first-order valence-corrected chi connectivity index (χ1v) is 20.3. The van der Waals surface area contributed by atoms with Crippen molar-refractivity contribution in [3.8, 4) is 11.5 Å². The fourth-order valence-electron chi connectivity index (χ4n) is 4.55. The molecule has 0 spiro atoms. The summed E-state index contributed by atoms with van der Waals surface area (Å²) in [7, 11) is 1.71. The number of benzene rings is 2. The Morgan fingerprint density at radius 3 is 1.53 bits per heavy atom. The summed E-state index contributed by atoms with van der Waals surface area (Å²) in [6, 6.07) is 8.84. The van der Waals surface area contributed by atoms with E-state index in [1.165, 1.54) is 16.7 Å². The van der Waals surface area contributed by atoms with E-state index < -0.39 is 12.0 Å². The first-order valence-electron chi connectivity index (χ1n) is 13.1. The number of hydrogen-bond acceptors (Lipinski definition) is 6. The highest BCUT2D eigenvalue weighted by Crippen LogP contribution is 2.75. The molecule has 0 amide bonds. The number of methoxy groups -OCH3 is 1. The summed E-state index contributed by atoms with van der Waals surface area (Å²) in [4.78, 5) is 0. The van der Waals surface area contributed by atoms with Crippen LogP contribution in [-0.4, -0.2) is 13.4 Å². The molecule has 0 saturated carbocycles. The molecule has 2 aromatic carbocycles. The smallest absolute Gasteiger partial charge is 0.278 e. The van der Waals surface area contributed by atoms with Crippen molar-refractivity contribution in [2.75, 3.05) is 13.4 Å². The van der Waals surface area contributed by atoms with Gasteiger partial charge < -0.3 is 9.26 Å². The lowest BCUT2D eigenvalue weighted by atomic mass is 9.80. The Kier molecular flexibility index (Phi) is 8.62. The Bertz CT molecular complexity index is 1340. The maximum Gasteiger partial charge on any atom is 0.278 e. The van der Waals surface area contributed by atoms with Gasteiger partial charge in [-0.2, -0.15) is 0 Å². The van der Waals surface area contributed by atoms with Crippen molar-refractivity contribution in [2.45, 2.75) is 105 Å². The van der Waals surface area contributed by atoms with Gasteiger partial charge in [0.05, 0.1) is 17.7 Å². The predicted octanol–water partition coefficient (Wildman–Crippen LogP) is 9.23. The minimum atomic E-state index is -3.11. The second-order valence-corrected chi connectivity index (χ2v) is 24.7. The number of rotatable bonds is 3. The van der Waals surface area contributed by atoms with Crippen LogP contribution in [-0.2, 0) is 49.6 Å². The van der Waals surface area contributed by atoms with E-state index in [2.05, 4.69) is 107 Å². The van der Waals surface area contributed by atoms with E-state index in [1.807, 2.05) is 6.26 Å². The molecule has 1 aliphatic rings. The molecule has 38 heavy (non-hydrogen) atoms. The van der Waals surface area contributed by atoms with E-state index in [0.717, 1.165) is 27.7 Å². The molecular weight excluding hydrogens is 566 g/mol. The Morgan fingerprint density at radius 2 is 1.13 bits per heavy atom. The van der Waals surface area contributed by atoms with Gasteiger partial charge in [-0.3, -0.25) is 4.31 Å². The van der Waals surface area contributed by atoms with Gasteiger partial charge in [0.2, 0.25) is 0 Å². The van der Waals surface area contributed by atoms with Gasteiger partial charge in [-0.25, -0.2) is 0 Å². The van der Waals surface area contributed by atoms with Crippen molar-refractivity contribution in [1.82, 2.24) is 0 Å². The molecule has 0 N–H and O–H groups in total. The van der Waals surface area contributed by atoms with Crippen LogP contribution in [0.5, 0.6) is 11.5 Å². The summed E-state index contributed by atoms with van der Waals surface area (Å²) in [5.41, 5.74) is 1.59. The van der Waals surface area contributed by atoms with E-state index in [1.54, 1.807) is 18.5 Å². The molecule has 0 radical (unpaired) electrons. The second-order valence-electron chi connectivity index (χ2n) is 14.3. The largest absolute Gasteiger partial charge is 0.496 e. The summed E-state index contributed by atoms with van der Waals surface area (Å²) < 4.78 is 20.0. The molecular formula is C30H46O3P2S3. The highest BCUT2D eigenvalue weighted by molar-refractivity contribution is 8.72. The lowest BCUT2D eigenvalue weighted by Gasteiger charge is -2.42. The monoisotopic (exact) mass is 612 g/mol. The first-order chi connectivity index (χ1) is 17.0. The van der Waals surface area contributed by atoms with Crippen LogP contribution in [0.3, 0.4) is 0 Å². The van der Waals surface area contributed by atoms with Gasteiger partial charge in [-0.15, -0.1) is 0 Å². The Labute approximate surface area is 246 Å². The fourth-order valence-corrected chi connectivity index (χ4v) is 16.1. The molecule has 3 rings (SSSR count). The van der Waals surface area contributed by atoms with Crippen molar-refractivity contribution in [3.63, 3.8) is 0 Å². The molecule has 3 nitrogen and oxygen atoms in total. The number of hydrogen-bond donors (Lipinski definition) is 0. The van der Waals surface area contributed by atoms with Crippen LogP contribution in [0, 0.1) is 0 Å². The van der Waals surface area contributed by atoms with Crippen LogP contribution in [0.2, 0.25) is 0 Å². The van der Waals surface area contributed by atoms with Gasteiger partial charge in [0.25, 0.3) is 6.49 Å². The van der Waals surface area contributed by atoms with Crippen LogP contribution < -0.4 is 19.9 Å². The van der Waals surface area contributed by atoms with Gasteiger partial charge >= 0.3 is 0 Å². The molecule has 1 heterocycles. The quantitative estimate of drug-likeness (QED) is 0.321.